The van der Waals surface area contributed by atoms with Gasteiger partial charge in [0, 0.05) is 120 Å². The van der Waals surface area contributed by atoms with E-state index in [4.69, 9.17) is 0 Å². The van der Waals surface area contributed by atoms with Crippen LogP contribution in [0.2, 0.25) is 0 Å². The zero-order valence-corrected chi connectivity index (χ0v) is 39.1. The number of carbonyl (C=O) groups is 4. The van der Waals surface area contributed by atoms with Crippen LogP contribution in [-0.2, 0) is 29.1 Å². The Labute approximate surface area is 401 Å². The Bertz CT molecular complexity index is 2740. The van der Waals surface area contributed by atoms with Crippen molar-refractivity contribution in [3.63, 3.8) is 0 Å². The molecule has 3 aromatic carbocycles. The van der Waals surface area contributed by atoms with E-state index in [0.717, 1.165) is 81.8 Å². The highest BCUT2D eigenvalue weighted by molar-refractivity contribution is 5.95. The molecule has 0 radical (unpaired) electrons. The van der Waals surface area contributed by atoms with Crippen LogP contribution >= 0.6 is 0 Å². The fourth-order valence-electron chi connectivity index (χ4n) is 10.9. The van der Waals surface area contributed by atoms with Crippen LogP contribution in [-0.4, -0.2) is 176 Å². The van der Waals surface area contributed by atoms with Gasteiger partial charge in [0.1, 0.15) is 12.1 Å². The fraction of sp³-hybridized carbons (Fsp3) is 0.462. The van der Waals surface area contributed by atoms with E-state index in [0.29, 0.717) is 112 Å². The molecule has 4 fully saturated rings. The average Bonchev–Trinajstić information content (AvgIpc) is 3.81. The summed E-state index contributed by atoms with van der Waals surface area (Å²) in [6, 6.07) is 19.7. The topological polar surface area (TPSA) is 162 Å². The number of hydrogen-bond acceptors (Lipinski definition) is 11. The van der Waals surface area contributed by atoms with Crippen molar-refractivity contribution in [2.45, 2.75) is 51.1 Å². The molecule has 7 heterocycles. The lowest BCUT2D eigenvalue weighted by Crippen LogP contribution is -2.53. The lowest BCUT2D eigenvalue weighted by atomic mass is 9.89. The van der Waals surface area contributed by atoms with Gasteiger partial charge in [0.2, 0.25) is 11.8 Å². The molecule has 16 nitrogen and oxygen atoms in total. The number of benzene rings is 3. The molecule has 69 heavy (non-hydrogen) atoms. The second-order valence-corrected chi connectivity index (χ2v) is 19.5. The molecular formula is C52H60FN11O5. The minimum absolute atomic E-state index is 0.0171. The molecule has 17 heteroatoms. The Morgan fingerprint density at radius 2 is 1.41 bits per heavy atom. The number of fused-ring (bicyclic) bond motifs is 2. The SMILES string of the molecule is O=C(CN1CCC(CN2CCN(C(=O)c3cccc([C@@H]4CCCN(C(=O)CN5Cc6cncnc6C5)C4)c3)CC2)CC1)N1CCN(C(=O)c2cc(Cc3n[nH]c(=O)c4ccccc34)ccc2F)CC1. The fourth-order valence-corrected chi connectivity index (χ4v) is 10.9. The van der Waals surface area contributed by atoms with Crippen molar-refractivity contribution in [2.75, 3.05) is 98.2 Å². The summed E-state index contributed by atoms with van der Waals surface area (Å²) in [6.07, 6.45) is 7.65. The highest BCUT2D eigenvalue weighted by atomic mass is 19.1. The maximum Gasteiger partial charge on any atom is 0.272 e. The standard InChI is InChI=1S/C52H60FN11O5/c53-45-11-10-37(26-46-42-8-1-2-9-43(42)50(67)57-56-46)25-44(45)52(69)63-23-21-61(22-24-63)48(65)33-58-15-12-36(13-16-58)29-59-17-19-62(20-18-59)51(68)39-6-3-5-38(27-39)40-7-4-14-64(31-40)49(66)34-60-30-41-28-54-35-55-47(41)32-60/h1-3,5-6,8-11,25,27-28,35-36,40H,4,7,12-24,26,29-34H2,(H,57,67)/t40-/m1/s1. The van der Waals surface area contributed by atoms with Crippen LogP contribution in [0.5, 0.6) is 0 Å². The third-order valence-corrected chi connectivity index (χ3v) is 15.0. The van der Waals surface area contributed by atoms with Gasteiger partial charge in [-0.05, 0) is 86.1 Å². The van der Waals surface area contributed by atoms with Crippen molar-refractivity contribution >= 4 is 34.4 Å². The molecule has 0 bridgehead atoms. The second kappa shape index (κ2) is 20.7. The predicted molar refractivity (Wildman–Crippen MR) is 257 cm³/mol. The van der Waals surface area contributed by atoms with Crippen LogP contribution in [0.25, 0.3) is 10.8 Å². The van der Waals surface area contributed by atoms with E-state index in [1.54, 1.807) is 35.5 Å². The molecule has 5 aromatic rings. The number of aromatic nitrogens is 4. The van der Waals surface area contributed by atoms with Crippen LogP contribution in [0.3, 0.4) is 0 Å². The van der Waals surface area contributed by atoms with Gasteiger partial charge in [-0.2, -0.15) is 5.10 Å². The van der Waals surface area contributed by atoms with E-state index in [1.807, 2.05) is 51.2 Å². The van der Waals surface area contributed by atoms with E-state index in [2.05, 4.69) is 40.9 Å². The van der Waals surface area contributed by atoms with Crippen LogP contribution in [0.1, 0.15) is 80.4 Å². The molecule has 360 valence electrons. The first-order chi connectivity index (χ1) is 33.6. The lowest BCUT2D eigenvalue weighted by Gasteiger charge is -2.39. The summed E-state index contributed by atoms with van der Waals surface area (Å²) in [4.78, 5) is 89.2. The second-order valence-electron chi connectivity index (χ2n) is 19.5. The summed E-state index contributed by atoms with van der Waals surface area (Å²) < 4.78 is 15.1. The van der Waals surface area contributed by atoms with Crippen molar-refractivity contribution < 1.29 is 23.6 Å². The Kier molecular flexibility index (Phi) is 13.9. The van der Waals surface area contributed by atoms with Crippen LogP contribution < -0.4 is 5.56 Å². The van der Waals surface area contributed by atoms with E-state index < -0.39 is 11.7 Å². The lowest BCUT2D eigenvalue weighted by molar-refractivity contribution is -0.134. The van der Waals surface area contributed by atoms with Gasteiger partial charge in [0.05, 0.1) is 35.4 Å². The molecule has 0 spiro atoms. The molecule has 4 amide bonds. The van der Waals surface area contributed by atoms with Crippen molar-refractivity contribution in [3.05, 3.63) is 135 Å². The Morgan fingerprint density at radius 3 is 2.20 bits per heavy atom. The maximum absolute atomic E-state index is 15.1. The summed E-state index contributed by atoms with van der Waals surface area (Å²) in [5.41, 5.74) is 4.95. The van der Waals surface area contributed by atoms with Gasteiger partial charge in [0.15, 0.2) is 0 Å². The number of halogens is 1. The smallest absolute Gasteiger partial charge is 0.272 e. The number of likely N-dealkylation sites (tertiary alicyclic amines) is 2. The highest BCUT2D eigenvalue weighted by Gasteiger charge is 2.32. The zero-order valence-electron chi connectivity index (χ0n) is 39.1. The van der Waals surface area contributed by atoms with Gasteiger partial charge >= 0.3 is 0 Å². The molecule has 0 unspecified atom stereocenters. The Balaban J connectivity index is 0.633. The predicted octanol–water partition coefficient (Wildman–Crippen LogP) is 3.62. The van der Waals surface area contributed by atoms with Crippen molar-refractivity contribution in [2.24, 2.45) is 5.92 Å². The molecular weight excluding hydrogens is 878 g/mol. The van der Waals surface area contributed by atoms with Crippen LogP contribution in [0, 0.1) is 11.7 Å². The number of rotatable bonds is 11. The van der Waals surface area contributed by atoms with Gasteiger partial charge in [-0.1, -0.05) is 36.4 Å². The van der Waals surface area contributed by atoms with Gasteiger partial charge in [-0.25, -0.2) is 19.5 Å². The summed E-state index contributed by atoms with van der Waals surface area (Å²) in [7, 11) is 0. The molecule has 1 N–H and O–H groups in total. The number of hydrogen-bond donors (Lipinski definition) is 1. The quantitative estimate of drug-likeness (QED) is 0.206. The van der Waals surface area contributed by atoms with Crippen molar-refractivity contribution in [3.8, 4) is 0 Å². The molecule has 0 saturated carbocycles. The number of aromatic amines is 1. The van der Waals surface area contributed by atoms with E-state index >= 15 is 4.39 Å². The van der Waals surface area contributed by atoms with E-state index in [9.17, 15) is 24.0 Å². The Hall–Kier alpha value is -6.43. The minimum Gasteiger partial charge on any atom is -0.341 e. The summed E-state index contributed by atoms with van der Waals surface area (Å²) in [5, 5.41) is 8.00. The number of H-pyrrole nitrogens is 1. The normalized spacial score (nSPS) is 19.8. The van der Waals surface area contributed by atoms with Gasteiger partial charge in [-0.3, -0.25) is 38.7 Å². The number of nitrogens with zero attached hydrogens (tertiary/aromatic N) is 10. The number of nitrogens with one attached hydrogen (secondary N) is 1. The first-order valence-corrected chi connectivity index (χ1v) is 24.6. The largest absolute Gasteiger partial charge is 0.341 e. The zero-order chi connectivity index (χ0) is 47.4. The van der Waals surface area contributed by atoms with Crippen LogP contribution in [0.4, 0.5) is 4.39 Å². The van der Waals surface area contributed by atoms with Crippen molar-refractivity contribution in [1.29, 1.82) is 0 Å². The van der Waals surface area contributed by atoms with E-state index in [1.165, 1.54) is 6.07 Å². The maximum atomic E-state index is 15.1. The highest BCUT2D eigenvalue weighted by Crippen LogP contribution is 2.29. The average molecular weight is 938 g/mol. The van der Waals surface area contributed by atoms with Crippen LogP contribution in [0.15, 0.2) is 84.0 Å². The molecule has 5 aliphatic rings. The number of amides is 4. The monoisotopic (exact) mass is 937 g/mol. The third kappa shape index (κ3) is 10.6. The van der Waals surface area contributed by atoms with Gasteiger partial charge < -0.3 is 19.6 Å². The molecule has 0 aliphatic carbocycles. The Morgan fingerprint density at radius 1 is 0.681 bits per heavy atom. The molecule has 2 aromatic heterocycles. The molecule has 4 saturated heterocycles. The number of piperidine rings is 2. The summed E-state index contributed by atoms with van der Waals surface area (Å²) >= 11 is 0. The first kappa shape index (κ1) is 46.3. The summed E-state index contributed by atoms with van der Waals surface area (Å²) in [6.45, 7) is 10.6. The summed E-state index contributed by atoms with van der Waals surface area (Å²) in [5.74, 6) is -0.0362. The molecule has 10 rings (SSSR count). The molecule has 1 atom stereocenters. The van der Waals surface area contributed by atoms with Gasteiger partial charge in [-0.15, -0.1) is 0 Å². The first-order valence-electron chi connectivity index (χ1n) is 24.6. The number of carbonyl (C=O) groups excluding carboxylic acids is 4. The molecule has 5 aliphatic heterocycles. The third-order valence-electron chi connectivity index (χ3n) is 15.0. The number of piperazine rings is 2. The van der Waals surface area contributed by atoms with E-state index in [-0.39, 0.29) is 34.8 Å². The van der Waals surface area contributed by atoms with Gasteiger partial charge in [0.25, 0.3) is 17.4 Å². The minimum atomic E-state index is -0.601. The van der Waals surface area contributed by atoms with Crippen molar-refractivity contribution in [1.82, 2.24) is 54.5 Å².